The van der Waals surface area contributed by atoms with Crippen LogP contribution in [-0.4, -0.2) is 5.91 Å². The van der Waals surface area contributed by atoms with Gasteiger partial charge in [0.25, 0.3) is 5.91 Å². The molecule has 0 heterocycles. The maximum absolute atomic E-state index is 13.0. The minimum Gasteiger partial charge on any atom is -0.399 e. The Morgan fingerprint density at radius 2 is 1.90 bits per heavy atom. The Hall–Kier alpha value is -1.63. The highest BCUT2D eigenvalue weighted by Gasteiger charge is 2.12. The molecule has 0 aliphatic carbocycles. The molecule has 2 aromatic rings. The molecule has 0 saturated heterocycles. The van der Waals surface area contributed by atoms with Crippen LogP contribution in [-0.2, 0) is 0 Å². The van der Waals surface area contributed by atoms with Crippen LogP contribution in [0.2, 0.25) is 0 Å². The number of carbonyl (C=O) groups is 1. The number of nitrogen functional groups attached to an aromatic ring is 1. The number of aryl methyl sites for hydroxylation is 2. The Morgan fingerprint density at radius 1 is 1.20 bits per heavy atom. The predicted molar refractivity (Wildman–Crippen MR) is 87.4 cm³/mol. The lowest BCUT2D eigenvalue weighted by Gasteiger charge is -2.12. The topological polar surface area (TPSA) is 55.1 Å². The van der Waals surface area contributed by atoms with Crippen molar-refractivity contribution in [2.75, 3.05) is 11.1 Å². The first-order valence-electron chi connectivity index (χ1n) is 6.01. The number of nitrogens with two attached hydrogens (primary N) is 1. The molecule has 1 amide bonds. The van der Waals surface area contributed by atoms with Crippen LogP contribution in [0.15, 0.2) is 30.3 Å². The second kappa shape index (κ2) is 5.78. The van der Waals surface area contributed by atoms with E-state index in [4.69, 9.17) is 5.73 Å². The molecule has 2 rings (SSSR count). The van der Waals surface area contributed by atoms with E-state index in [9.17, 15) is 9.18 Å². The molecule has 0 aromatic heterocycles. The fourth-order valence-corrected chi connectivity index (χ4v) is 2.56. The van der Waals surface area contributed by atoms with Gasteiger partial charge in [0.05, 0.1) is 5.56 Å². The highest BCUT2D eigenvalue weighted by atomic mass is 127. The van der Waals surface area contributed by atoms with Gasteiger partial charge in [0, 0.05) is 14.9 Å². The summed E-state index contributed by atoms with van der Waals surface area (Å²) in [5.41, 5.74) is 9.45. The summed E-state index contributed by atoms with van der Waals surface area (Å²) in [5.74, 6) is -0.618. The number of hydrogen-bond donors (Lipinski definition) is 2. The third-order valence-electron chi connectivity index (χ3n) is 3.04. The number of nitrogens with one attached hydrogen (secondary N) is 1. The van der Waals surface area contributed by atoms with Gasteiger partial charge in [0.1, 0.15) is 5.82 Å². The summed E-state index contributed by atoms with van der Waals surface area (Å²) in [6.45, 7) is 3.76. The Bertz CT molecular complexity index is 686. The van der Waals surface area contributed by atoms with Crippen LogP contribution in [0.3, 0.4) is 0 Å². The Kier molecular flexibility index (Phi) is 4.27. The van der Waals surface area contributed by atoms with E-state index in [2.05, 4.69) is 5.32 Å². The van der Waals surface area contributed by atoms with Crippen molar-refractivity contribution in [1.29, 1.82) is 0 Å². The standard InChI is InChI=1S/C15H14FIN2O/c1-8-6-14(9(2)5-13(8)18)19-15(20)11-4-3-10(16)7-12(11)17/h3-7H,18H2,1-2H3,(H,19,20). The highest BCUT2D eigenvalue weighted by Crippen LogP contribution is 2.23. The maximum atomic E-state index is 13.0. The second-order valence-corrected chi connectivity index (χ2v) is 5.76. The van der Waals surface area contributed by atoms with Gasteiger partial charge < -0.3 is 11.1 Å². The number of hydrogen-bond acceptors (Lipinski definition) is 2. The Morgan fingerprint density at radius 3 is 2.55 bits per heavy atom. The zero-order valence-electron chi connectivity index (χ0n) is 11.1. The zero-order chi connectivity index (χ0) is 14.9. The van der Waals surface area contributed by atoms with Crippen LogP contribution in [0.25, 0.3) is 0 Å². The molecule has 0 aliphatic heterocycles. The Balaban J connectivity index is 2.30. The average molecular weight is 384 g/mol. The third kappa shape index (κ3) is 3.09. The van der Waals surface area contributed by atoms with Gasteiger partial charge in [0.2, 0.25) is 0 Å². The number of benzene rings is 2. The second-order valence-electron chi connectivity index (χ2n) is 4.60. The summed E-state index contributed by atoms with van der Waals surface area (Å²) in [4.78, 5) is 12.2. The van der Waals surface area contributed by atoms with E-state index in [1.54, 1.807) is 0 Å². The van der Waals surface area contributed by atoms with Gasteiger partial charge in [0.15, 0.2) is 0 Å². The summed E-state index contributed by atoms with van der Waals surface area (Å²) >= 11 is 1.94. The van der Waals surface area contributed by atoms with E-state index in [1.807, 2.05) is 48.6 Å². The van der Waals surface area contributed by atoms with E-state index in [-0.39, 0.29) is 11.7 Å². The molecule has 0 spiro atoms. The highest BCUT2D eigenvalue weighted by molar-refractivity contribution is 14.1. The minimum absolute atomic E-state index is 0.262. The molecule has 20 heavy (non-hydrogen) atoms. The molecule has 0 atom stereocenters. The summed E-state index contributed by atoms with van der Waals surface area (Å²) in [5, 5.41) is 2.83. The molecule has 0 radical (unpaired) electrons. The van der Waals surface area contributed by atoms with Gasteiger partial charge in [-0.05, 0) is 77.9 Å². The number of anilines is 2. The fraction of sp³-hybridized carbons (Fsp3) is 0.133. The SMILES string of the molecule is Cc1cc(NC(=O)c2ccc(F)cc2I)c(C)cc1N. The van der Waals surface area contributed by atoms with Crippen molar-refractivity contribution < 1.29 is 9.18 Å². The van der Waals surface area contributed by atoms with Crippen LogP contribution in [0.5, 0.6) is 0 Å². The van der Waals surface area contributed by atoms with Crippen molar-refractivity contribution in [2.45, 2.75) is 13.8 Å². The van der Waals surface area contributed by atoms with Gasteiger partial charge in [-0.1, -0.05) is 0 Å². The molecule has 2 aromatic carbocycles. The maximum Gasteiger partial charge on any atom is 0.256 e. The fourth-order valence-electron chi connectivity index (χ4n) is 1.84. The monoisotopic (exact) mass is 384 g/mol. The number of amides is 1. The molecular weight excluding hydrogens is 370 g/mol. The van der Waals surface area contributed by atoms with Gasteiger partial charge in [-0.25, -0.2) is 4.39 Å². The molecule has 0 saturated carbocycles. The molecule has 3 N–H and O–H groups in total. The third-order valence-corrected chi connectivity index (χ3v) is 3.93. The van der Waals surface area contributed by atoms with Crippen LogP contribution < -0.4 is 11.1 Å². The van der Waals surface area contributed by atoms with Crippen molar-refractivity contribution in [3.8, 4) is 0 Å². The lowest BCUT2D eigenvalue weighted by atomic mass is 10.1. The number of halogens is 2. The molecule has 3 nitrogen and oxygen atoms in total. The largest absolute Gasteiger partial charge is 0.399 e. The van der Waals surface area contributed by atoms with Gasteiger partial charge in [-0.3, -0.25) is 4.79 Å². The molecular formula is C15H14FIN2O. The first-order valence-corrected chi connectivity index (χ1v) is 7.09. The van der Waals surface area contributed by atoms with Crippen molar-refractivity contribution in [3.05, 3.63) is 56.4 Å². The van der Waals surface area contributed by atoms with Gasteiger partial charge in [-0.2, -0.15) is 0 Å². The zero-order valence-corrected chi connectivity index (χ0v) is 13.3. The quantitative estimate of drug-likeness (QED) is 0.610. The van der Waals surface area contributed by atoms with E-state index in [1.165, 1.54) is 18.2 Å². The van der Waals surface area contributed by atoms with E-state index >= 15 is 0 Å². The van der Waals surface area contributed by atoms with Gasteiger partial charge in [-0.15, -0.1) is 0 Å². The summed E-state index contributed by atoms with van der Waals surface area (Å²) in [7, 11) is 0. The minimum atomic E-state index is -0.356. The molecule has 0 bridgehead atoms. The van der Waals surface area contributed by atoms with Crippen LogP contribution in [0, 0.1) is 23.2 Å². The first-order chi connectivity index (χ1) is 9.38. The molecule has 0 unspecified atom stereocenters. The lowest BCUT2D eigenvalue weighted by Crippen LogP contribution is -2.14. The van der Waals surface area contributed by atoms with E-state index in [0.29, 0.717) is 20.5 Å². The summed E-state index contributed by atoms with van der Waals surface area (Å²) in [6.07, 6.45) is 0. The Labute approximate surface area is 130 Å². The average Bonchev–Trinajstić information content (AvgIpc) is 2.35. The normalized spacial score (nSPS) is 10.4. The molecule has 104 valence electrons. The molecule has 0 fully saturated rings. The number of carbonyl (C=O) groups excluding carboxylic acids is 1. The number of rotatable bonds is 2. The van der Waals surface area contributed by atoms with Crippen LogP contribution in [0.4, 0.5) is 15.8 Å². The molecule has 0 aliphatic rings. The van der Waals surface area contributed by atoms with Crippen molar-refractivity contribution in [1.82, 2.24) is 0 Å². The van der Waals surface area contributed by atoms with Crippen molar-refractivity contribution in [2.24, 2.45) is 0 Å². The van der Waals surface area contributed by atoms with Crippen molar-refractivity contribution >= 4 is 39.9 Å². The van der Waals surface area contributed by atoms with Crippen LogP contribution >= 0.6 is 22.6 Å². The van der Waals surface area contributed by atoms with Crippen LogP contribution in [0.1, 0.15) is 21.5 Å². The first kappa shape index (κ1) is 14.8. The molecule has 5 heteroatoms. The smallest absolute Gasteiger partial charge is 0.256 e. The van der Waals surface area contributed by atoms with Crippen molar-refractivity contribution in [3.63, 3.8) is 0 Å². The summed E-state index contributed by atoms with van der Waals surface area (Å²) < 4.78 is 13.6. The van der Waals surface area contributed by atoms with Gasteiger partial charge >= 0.3 is 0 Å². The predicted octanol–water partition coefficient (Wildman–Crippen LogP) is 3.88. The van der Waals surface area contributed by atoms with E-state index in [0.717, 1.165) is 11.1 Å². The lowest BCUT2D eigenvalue weighted by molar-refractivity contribution is 0.102. The van der Waals surface area contributed by atoms with E-state index < -0.39 is 0 Å². The summed E-state index contributed by atoms with van der Waals surface area (Å²) in [6, 6.07) is 7.74.